The van der Waals surface area contributed by atoms with Crippen molar-refractivity contribution in [2.75, 3.05) is 13.1 Å². The summed E-state index contributed by atoms with van der Waals surface area (Å²) in [6.45, 7) is 7.49. The summed E-state index contributed by atoms with van der Waals surface area (Å²) in [4.78, 5) is 2.62. The van der Waals surface area contributed by atoms with Gasteiger partial charge in [0.1, 0.15) is 0 Å². The van der Waals surface area contributed by atoms with E-state index in [-0.39, 0.29) is 0 Å². The van der Waals surface area contributed by atoms with Gasteiger partial charge in [-0.3, -0.25) is 4.90 Å². The third kappa shape index (κ3) is 0.586. The molecule has 0 aliphatic carbocycles. The molecule has 0 amide bonds. The molecule has 0 aromatic rings. The Kier molecular flexibility index (Phi) is 0.963. The van der Waals surface area contributed by atoms with E-state index in [1.807, 2.05) is 0 Å². The first-order chi connectivity index (χ1) is 4.21. The molecule has 0 unspecified atom stereocenters. The quantitative estimate of drug-likeness (QED) is 0.474. The van der Waals surface area contributed by atoms with E-state index in [9.17, 15) is 0 Å². The normalized spacial score (nSPS) is 46.0. The van der Waals surface area contributed by atoms with E-state index in [0.717, 1.165) is 5.92 Å². The second-order valence-electron chi connectivity index (χ2n) is 3.91. The van der Waals surface area contributed by atoms with Gasteiger partial charge in [-0.15, -0.1) is 0 Å². The van der Waals surface area contributed by atoms with Crippen molar-refractivity contribution in [1.82, 2.24) is 4.90 Å². The molecule has 1 heteroatoms. The highest BCUT2D eigenvalue weighted by molar-refractivity contribution is 5.00. The van der Waals surface area contributed by atoms with Crippen molar-refractivity contribution < 1.29 is 0 Å². The Bertz CT molecular complexity index is 107. The lowest BCUT2D eigenvalue weighted by Gasteiger charge is -2.26. The topological polar surface area (TPSA) is 3.24 Å². The first-order valence-electron chi connectivity index (χ1n) is 3.96. The number of hydrogen-bond donors (Lipinski definition) is 0. The molecule has 2 rings (SSSR count). The maximum absolute atomic E-state index is 2.62. The molecule has 2 heterocycles. The summed E-state index contributed by atoms with van der Waals surface area (Å²) in [7, 11) is 0. The third-order valence-electron chi connectivity index (χ3n) is 3.31. The molecule has 0 spiro atoms. The first kappa shape index (κ1) is 5.72. The maximum Gasteiger partial charge on any atom is 0.0182 e. The van der Waals surface area contributed by atoms with E-state index in [4.69, 9.17) is 0 Å². The lowest BCUT2D eigenvalue weighted by molar-refractivity contribution is 0.214. The van der Waals surface area contributed by atoms with Crippen molar-refractivity contribution in [3.63, 3.8) is 0 Å². The molecule has 0 radical (unpaired) electrons. The van der Waals surface area contributed by atoms with E-state index in [1.54, 1.807) is 0 Å². The van der Waals surface area contributed by atoms with Gasteiger partial charge in [-0.2, -0.15) is 0 Å². The van der Waals surface area contributed by atoms with Crippen molar-refractivity contribution in [2.45, 2.75) is 32.2 Å². The van der Waals surface area contributed by atoms with E-state index in [0.29, 0.717) is 5.54 Å². The lowest BCUT2D eigenvalue weighted by atomic mass is 9.90. The molecular formula is C8H15N. The van der Waals surface area contributed by atoms with E-state index in [2.05, 4.69) is 18.7 Å². The van der Waals surface area contributed by atoms with Crippen LogP contribution in [0.15, 0.2) is 0 Å². The summed E-state index contributed by atoms with van der Waals surface area (Å²) in [6, 6.07) is 0. The van der Waals surface area contributed by atoms with Crippen molar-refractivity contribution >= 4 is 0 Å². The fraction of sp³-hybridized carbons (Fsp3) is 1.00. The van der Waals surface area contributed by atoms with Gasteiger partial charge in [-0.05, 0) is 45.7 Å². The second kappa shape index (κ2) is 1.51. The van der Waals surface area contributed by atoms with Gasteiger partial charge in [0.25, 0.3) is 0 Å². The van der Waals surface area contributed by atoms with E-state index < -0.39 is 0 Å². The average Bonchev–Trinajstić information content (AvgIpc) is 2.24. The van der Waals surface area contributed by atoms with E-state index in [1.165, 1.54) is 25.9 Å². The van der Waals surface area contributed by atoms with Crippen molar-refractivity contribution in [1.29, 1.82) is 0 Å². The number of nitrogens with zero attached hydrogens (tertiary/aromatic N) is 1. The molecule has 52 valence electrons. The van der Waals surface area contributed by atoms with Gasteiger partial charge < -0.3 is 0 Å². The zero-order valence-electron chi connectivity index (χ0n) is 6.35. The van der Waals surface area contributed by atoms with Gasteiger partial charge in [-0.25, -0.2) is 0 Å². The van der Waals surface area contributed by atoms with Crippen LogP contribution < -0.4 is 0 Å². The van der Waals surface area contributed by atoms with Crippen LogP contribution in [-0.4, -0.2) is 23.5 Å². The minimum Gasteiger partial charge on any atom is -0.298 e. The van der Waals surface area contributed by atoms with Crippen molar-refractivity contribution in [2.24, 2.45) is 5.92 Å². The Labute approximate surface area is 57.0 Å². The van der Waals surface area contributed by atoms with Gasteiger partial charge in [0, 0.05) is 5.54 Å². The summed E-state index contributed by atoms with van der Waals surface area (Å²) in [5.41, 5.74) is 0.556. The summed E-state index contributed by atoms with van der Waals surface area (Å²) in [6.07, 6.45) is 2.90. The zero-order chi connectivity index (χ0) is 6.48. The number of piperidine rings is 1. The molecule has 9 heavy (non-hydrogen) atoms. The van der Waals surface area contributed by atoms with Gasteiger partial charge in [-0.1, -0.05) is 0 Å². The molecular weight excluding hydrogens is 110 g/mol. The molecule has 0 saturated carbocycles. The lowest BCUT2D eigenvalue weighted by Crippen LogP contribution is -2.35. The minimum absolute atomic E-state index is 0.556. The predicted molar refractivity (Wildman–Crippen MR) is 38.4 cm³/mol. The van der Waals surface area contributed by atoms with E-state index >= 15 is 0 Å². The molecule has 2 saturated heterocycles. The molecule has 0 N–H and O–H groups in total. The molecule has 0 atom stereocenters. The zero-order valence-corrected chi connectivity index (χ0v) is 6.35. The Balaban J connectivity index is 2.26. The number of rotatable bonds is 0. The Hall–Kier alpha value is -0.0400. The molecule has 1 nitrogen and oxygen atoms in total. The molecule has 2 fully saturated rings. The largest absolute Gasteiger partial charge is 0.298 e. The van der Waals surface area contributed by atoms with Crippen LogP contribution in [0, 0.1) is 5.92 Å². The fourth-order valence-corrected chi connectivity index (χ4v) is 2.42. The van der Waals surface area contributed by atoms with Crippen LogP contribution >= 0.6 is 0 Å². The summed E-state index contributed by atoms with van der Waals surface area (Å²) in [5, 5.41) is 0. The van der Waals surface area contributed by atoms with Gasteiger partial charge in [0.05, 0.1) is 0 Å². The first-order valence-corrected chi connectivity index (χ1v) is 3.96. The Morgan fingerprint density at radius 2 is 1.78 bits per heavy atom. The van der Waals surface area contributed by atoms with Crippen LogP contribution in [0.5, 0.6) is 0 Å². The van der Waals surface area contributed by atoms with Crippen LogP contribution in [0.2, 0.25) is 0 Å². The summed E-state index contributed by atoms with van der Waals surface area (Å²) < 4.78 is 0. The highest BCUT2D eigenvalue weighted by Gasteiger charge is 2.45. The Morgan fingerprint density at radius 3 is 1.89 bits per heavy atom. The highest BCUT2D eigenvalue weighted by atomic mass is 15.2. The smallest absolute Gasteiger partial charge is 0.0182 e. The van der Waals surface area contributed by atoms with Crippen LogP contribution in [0.3, 0.4) is 0 Å². The number of hydrogen-bond acceptors (Lipinski definition) is 1. The second-order valence-corrected chi connectivity index (χ2v) is 3.91. The summed E-state index contributed by atoms with van der Waals surface area (Å²) in [5.74, 6) is 1.01. The van der Waals surface area contributed by atoms with Crippen LogP contribution in [0.4, 0.5) is 0 Å². The van der Waals surface area contributed by atoms with Gasteiger partial charge in [0.2, 0.25) is 0 Å². The van der Waals surface area contributed by atoms with Crippen LogP contribution in [0.25, 0.3) is 0 Å². The minimum atomic E-state index is 0.556. The molecule has 0 aromatic carbocycles. The van der Waals surface area contributed by atoms with Crippen LogP contribution in [0.1, 0.15) is 26.7 Å². The van der Waals surface area contributed by atoms with Gasteiger partial charge in [0.15, 0.2) is 0 Å². The standard InChI is InChI=1S/C8H15N/c1-8(2)7-3-5-9(8)6-4-7/h7H,3-6H2,1-2H3. The summed E-state index contributed by atoms with van der Waals surface area (Å²) >= 11 is 0. The van der Waals surface area contributed by atoms with Crippen molar-refractivity contribution in [3.8, 4) is 0 Å². The Morgan fingerprint density at radius 1 is 1.22 bits per heavy atom. The van der Waals surface area contributed by atoms with Crippen molar-refractivity contribution in [3.05, 3.63) is 0 Å². The third-order valence-corrected chi connectivity index (χ3v) is 3.31. The monoisotopic (exact) mass is 125 g/mol. The SMILES string of the molecule is CC1(C)C2CCN1CC2. The van der Waals surface area contributed by atoms with Crippen LogP contribution in [-0.2, 0) is 0 Å². The molecule has 2 bridgehead atoms. The fourth-order valence-electron chi connectivity index (χ4n) is 2.42. The molecule has 0 aromatic heterocycles. The average molecular weight is 125 g/mol. The maximum atomic E-state index is 2.62. The molecule has 2 aliphatic rings. The van der Waals surface area contributed by atoms with Gasteiger partial charge >= 0.3 is 0 Å². The number of fused-ring (bicyclic) bond motifs is 2. The highest BCUT2D eigenvalue weighted by Crippen LogP contribution is 2.42. The predicted octanol–water partition coefficient (Wildman–Crippen LogP) is 1.49. The molecule has 2 aliphatic heterocycles.